The van der Waals surface area contributed by atoms with E-state index in [2.05, 4.69) is 10.3 Å². The minimum Gasteiger partial charge on any atom is -0.481 e. The zero-order valence-electron chi connectivity index (χ0n) is 11.2. The van der Waals surface area contributed by atoms with Gasteiger partial charge in [0, 0.05) is 24.4 Å². The third kappa shape index (κ3) is 3.69. The molecule has 0 saturated heterocycles. The van der Waals surface area contributed by atoms with Gasteiger partial charge in [0.25, 0.3) is 0 Å². The van der Waals surface area contributed by atoms with Gasteiger partial charge in [-0.15, -0.1) is 0 Å². The van der Waals surface area contributed by atoms with Gasteiger partial charge in [0.1, 0.15) is 0 Å². The third-order valence-corrected chi connectivity index (χ3v) is 2.77. The van der Waals surface area contributed by atoms with Gasteiger partial charge >= 0.3 is 0 Å². The monoisotopic (exact) mass is 258 g/mol. The molecule has 0 fully saturated rings. The molecule has 0 atom stereocenters. The molecular weight excluding hydrogens is 240 g/mol. The van der Waals surface area contributed by atoms with Gasteiger partial charge in [-0.05, 0) is 12.1 Å². The number of methoxy groups -OCH3 is 2. The number of rotatable bonds is 6. The van der Waals surface area contributed by atoms with Crippen molar-refractivity contribution in [2.24, 2.45) is 0 Å². The lowest BCUT2D eigenvalue weighted by atomic mass is 10.2. The highest BCUT2D eigenvalue weighted by Crippen LogP contribution is 2.17. The van der Waals surface area contributed by atoms with Crippen LogP contribution in [0.1, 0.15) is 11.3 Å². The molecule has 0 aliphatic rings. The molecule has 4 heteroatoms. The van der Waals surface area contributed by atoms with Crippen LogP contribution in [0.25, 0.3) is 0 Å². The number of anilines is 1. The molecule has 2 rings (SSSR count). The lowest BCUT2D eigenvalue weighted by Crippen LogP contribution is -2.05. The number of benzene rings is 1. The van der Waals surface area contributed by atoms with Gasteiger partial charge in [-0.1, -0.05) is 24.3 Å². The van der Waals surface area contributed by atoms with Crippen LogP contribution in [-0.4, -0.2) is 19.2 Å². The lowest BCUT2D eigenvalue weighted by Gasteiger charge is -2.11. The van der Waals surface area contributed by atoms with Gasteiger partial charge in [-0.2, -0.15) is 0 Å². The smallest absolute Gasteiger partial charge is 0.213 e. The molecule has 0 radical (unpaired) electrons. The summed E-state index contributed by atoms with van der Waals surface area (Å²) in [5, 5.41) is 3.37. The van der Waals surface area contributed by atoms with Crippen LogP contribution in [0.3, 0.4) is 0 Å². The Kier molecular flexibility index (Phi) is 4.75. The van der Waals surface area contributed by atoms with E-state index in [1.165, 1.54) is 0 Å². The van der Waals surface area contributed by atoms with Crippen molar-refractivity contribution in [2.45, 2.75) is 13.2 Å². The van der Waals surface area contributed by atoms with Crippen LogP contribution in [0.2, 0.25) is 0 Å². The second-order valence-corrected chi connectivity index (χ2v) is 4.11. The number of aromatic nitrogens is 1. The predicted octanol–water partition coefficient (Wildman–Crippen LogP) is 2.85. The molecule has 0 aliphatic carbocycles. The molecule has 0 aliphatic heterocycles. The van der Waals surface area contributed by atoms with E-state index in [0.29, 0.717) is 19.0 Å². The summed E-state index contributed by atoms with van der Waals surface area (Å²) in [7, 11) is 3.31. The van der Waals surface area contributed by atoms with E-state index in [9.17, 15) is 0 Å². The maximum absolute atomic E-state index is 5.18. The zero-order valence-corrected chi connectivity index (χ0v) is 11.2. The Labute approximate surface area is 113 Å². The average Bonchev–Trinajstić information content (AvgIpc) is 2.47. The van der Waals surface area contributed by atoms with Crippen molar-refractivity contribution >= 4 is 5.69 Å². The largest absolute Gasteiger partial charge is 0.481 e. The quantitative estimate of drug-likeness (QED) is 0.865. The van der Waals surface area contributed by atoms with E-state index >= 15 is 0 Å². The highest BCUT2D eigenvalue weighted by atomic mass is 16.5. The van der Waals surface area contributed by atoms with Crippen LogP contribution in [-0.2, 0) is 17.9 Å². The van der Waals surface area contributed by atoms with Crippen molar-refractivity contribution in [3.63, 3.8) is 0 Å². The number of para-hydroxylation sites is 1. The summed E-state index contributed by atoms with van der Waals surface area (Å²) in [6, 6.07) is 13.8. The second-order valence-electron chi connectivity index (χ2n) is 4.11. The van der Waals surface area contributed by atoms with Crippen molar-refractivity contribution in [1.82, 2.24) is 4.98 Å². The molecule has 0 bridgehead atoms. The summed E-state index contributed by atoms with van der Waals surface area (Å²) in [5.74, 6) is 0.629. The van der Waals surface area contributed by atoms with Gasteiger partial charge in [0.05, 0.1) is 26.0 Å². The number of pyridine rings is 1. The number of ether oxygens (including phenoxy) is 2. The highest BCUT2D eigenvalue weighted by molar-refractivity contribution is 5.50. The van der Waals surface area contributed by atoms with E-state index in [0.717, 1.165) is 16.9 Å². The Morgan fingerprint density at radius 1 is 1.05 bits per heavy atom. The molecule has 1 heterocycles. The average molecular weight is 258 g/mol. The highest BCUT2D eigenvalue weighted by Gasteiger charge is 2.02. The molecule has 19 heavy (non-hydrogen) atoms. The Hall–Kier alpha value is -2.07. The van der Waals surface area contributed by atoms with E-state index in [-0.39, 0.29) is 0 Å². The van der Waals surface area contributed by atoms with Crippen molar-refractivity contribution in [1.29, 1.82) is 0 Å². The lowest BCUT2D eigenvalue weighted by molar-refractivity contribution is 0.185. The van der Waals surface area contributed by atoms with Gasteiger partial charge < -0.3 is 14.8 Å². The fraction of sp³-hybridized carbons (Fsp3) is 0.267. The minimum absolute atomic E-state index is 0.592. The summed E-state index contributed by atoms with van der Waals surface area (Å²) < 4.78 is 10.3. The SMILES string of the molecule is COCc1ccccc1NCc1cccc(OC)n1. The van der Waals surface area contributed by atoms with Crippen molar-refractivity contribution in [2.75, 3.05) is 19.5 Å². The normalized spacial score (nSPS) is 10.2. The Morgan fingerprint density at radius 2 is 1.89 bits per heavy atom. The van der Waals surface area contributed by atoms with Crippen LogP contribution in [0.4, 0.5) is 5.69 Å². The molecule has 1 N–H and O–H groups in total. The van der Waals surface area contributed by atoms with Crippen LogP contribution >= 0.6 is 0 Å². The first-order valence-corrected chi connectivity index (χ1v) is 6.14. The van der Waals surface area contributed by atoms with Crippen LogP contribution in [0.15, 0.2) is 42.5 Å². The molecule has 1 aromatic carbocycles. The summed E-state index contributed by atoms with van der Waals surface area (Å²) in [5.41, 5.74) is 3.13. The molecular formula is C15H18N2O2. The zero-order chi connectivity index (χ0) is 13.5. The maximum atomic E-state index is 5.18. The van der Waals surface area contributed by atoms with Crippen molar-refractivity contribution in [3.05, 3.63) is 53.7 Å². The number of nitrogens with zero attached hydrogens (tertiary/aromatic N) is 1. The van der Waals surface area contributed by atoms with Crippen LogP contribution in [0, 0.1) is 0 Å². The molecule has 2 aromatic rings. The minimum atomic E-state index is 0.592. The number of hydrogen-bond donors (Lipinski definition) is 1. The third-order valence-electron chi connectivity index (χ3n) is 2.77. The molecule has 4 nitrogen and oxygen atoms in total. The van der Waals surface area contributed by atoms with Crippen molar-refractivity contribution in [3.8, 4) is 5.88 Å². The van der Waals surface area contributed by atoms with E-state index in [1.54, 1.807) is 14.2 Å². The molecule has 100 valence electrons. The fourth-order valence-corrected chi connectivity index (χ4v) is 1.83. The first kappa shape index (κ1) is 13.4. The summed E-state index contributed by atoms with van der Waals surface area (Å²) in [4.78, 5) is 4.37. The molecule has 0 amide bonds. The first-order valence-electron chi connectivity index (χ1n) is 6.14. The van der Waals surface area contributed by atoms with Gasteiger partial charge in [-0.3, -0.25) is 0 Å². The Morgan fingerprint density at radius 3 is 2.68 bits per heavy atom. The number of hydrogen-bond acceptors (Lipinski definition) is 4. The van der Waals surface area contributed by atoms with Crippen LogP contribution < -0.4 is 10.1 Å². The van der Waals surface area contributed by atoms with Crippen molar-refractivity contribution < 1.29 is 9.47 Å². The predicted molar refractivity (Wildman–Crippen MR) is 75.3 cm³/mol. The Bertz CT molecular complexity index is 529. The summed E-state index contributed by atoms with van der Waals surface area (Å²) >= 11 is 0. The molecule has 1 aromatic heterocycles. The molecule has 0 saturated carbocycles. The van der Waals surface area contributed by atoms with Crippen LogP contribution in [0.5, 0.6) is 5.88 Å². The summed E-state index contributed by atoms with van der Waals surface area (Å²) in [6.07, 6.45) is 0. The second kappa shape index (κ2) is 6.75. The summed E-state index contributed by atoms with van der Waals surface area (Å²) in [6.45, 7) is 1.24. The first-order chi connectivity index (χ1) is 9.33. The van der Waals surface area contributed by atoms with Gasteiger partial charge in [0.2, 0.25) is 5.88 Å². The van der Waals surface area contributed by atoms with E-state index in [4.69, 9.17) is 9.47 Å². The molecule has 0 spiro atoms. The topological polar surface area (TPSA) is 43.4 Å². The Balaban J connectivity index is 2.05. The fourth-order valence-electron chi connectivity index (χ4n) is 1.83. The standard InChI is InChI=1S/C15H18N2O2/c1-18-11-12-6-3-4-8-14(12)16-10-13-7-5-9-15(17-13)19-2/h3-9,16H,10-11H2,1-2H3. The van der Waals surface area contributed by atoms with Gasteiger partial charge in [0.15, 0.2) is 0 Å². The molecule has 0 unspecified atom stereocenters. The maximum Gasteiger partial charge on any atom is 0.213 e. The van der Waals surface area contributed by atoms with Gasteiger partial charge in [-0.25, -0.2) is 4.98 Å². The number of nitrogens with one attached hydrogen (secondary N) is 1. The van der Waals surface area contributed by atoms with E-state index < -0.39 is 0 Å². The van der Waals surface area contributed by atoms with E-state index in [1.807, 2.05) is 42.5 Å².